The summed E-state index contributed by atoms with van der Waals surface area (Å²) in [5.41, 5.74) is 1.76. The number of halogens is 3. The van der Waals surface area contributed by atoms with Crippen LogP contribution in [0.15, 0.2) is 77.8 Å². The number of rotatable bonds is 11. The van der Waals surface area contributed by atoms with Crippen molar-refractivity contribution in [1.29, 1.82) is 4.78 Å². The Hall–Kier alpha value is -4.73. The highest BCUT2D eigenvalue weighted by Gasteiger charge is 2.31. The molecule has 0 saturated carbocycles. The van der Waals surface area contributed by atoms with E-state index in [2.05, 4.69) is 31.2 Å². The number of amides is 2. The van der Waals surface area contributed by atoms with Gasteiger partial charge in [-0.3, -0.25) is 4.78 Å². The predicted octanol–water partition coefficient (Wildman–Crippen LogP) is 6.01. The van der Waals surface area contributed by atoms with E-state index in [1.54, 1.807) is 80.6 Å². The highest BCUT2D eigenvalue weighted by molar-refractivity contribution is 7.73. The number of benzene rings is 3. The molecule has 0 aliphatic heterocycles. The topological polar surface area (TPSA) is 155 Å². The van der Waals surface area contributed by atoms with Gasteiger partial charge in [-0.15, -0.1) is 0 Å². The van der Waals surface area contributed by atoms with Crippen LogP contribution in [0.1, 0.15) is 18.1 Å². The smallest absolute Gasteiger partial charge is 0.394 e. The van der Waals surface area contributed by atoms with E-state index >= 15 is 0 Å². The van der Waals surface area contributed by atoms with Crippen molar-refractivity contribution in [2.45, 2.75) is 30.6 Å². The average Bonchev–Trinajstić information content (AvgIpc) is 2.97. The van der Waals surface area contributed by atoms with Crippen LogP contribution >= 0.6 is 0 Å². The number of hydrogen-bond donors (Lipinski definition) is 7. The number of aliphatic hydroxyl groups excluding tert-OH is 1. The van der Waals surface area contributed by atoms with Gasteiger partial charge in [0.1, 0.15) is 5.82 Å². The van der Waals surface area contributed by atoms with Crippen LogP contribution in [0, 0.1) is 4.78 Å². The first-order valence-corrected chi connectivity index (χ1v) is 14.9. The molecule has 2 atom stereocenters. The molecule has 0 aliphatic rings. The van der Waals surface area contributed by atoms with E-state index in [4.69, 9.17) is 4.78 Å². The van der Waals surface area contributed by atoms with Crippen LogP contribution < -0.4 is 21.3 Å². The minimum atomic E-state index is -4.57. The lowest BCUT2D eigenvalue weighted by atomic mass is 10.1. The zero-order valence-electron chi connectivity index (χ0n) is 24.6. The molecule has 3 aromatic carbocycles. The van der Waals surface area contributed by atoms with E-state index in [1.807, 2.05) is 0 Å². The van der Waals surface area contributed by atoms with Crippen molar-refractivity contribution in [1.82, 2.24) is 14.9 Å². The van der Waals surface area contributed by atoms with Gasteiger partial charge in [0.2, 0.25) is 5.95 Å². The van der Waals surface area contributed by atoms with Crippen LogP contribution in [0.5, 0.6) is 0 Å². The Labute approximate surface area is 259 Å². The van der Waals surface area contributed by atoms with Crippen molar-refractivity contribution in [3.8, 4) is 11.1 Å². The first kappa shape index (κ1) is 33.2. The molecule has 4 aromatic rings. The molecule has 0 saturated heterocycles. The summed E-state index contributed by atoms with van der Waals surface area (Å²) in [5, 5.41) is 20.9. The third kappa shape index (κ3) is 9.38. The number of carbonyl (C=O) groups is 1. The van der Waals surface area contributed by atoms with E-state index < -0.39 is 28.4 Å². The Morgan fingerprint density at radius 3 is 2.38 bits per heavy atom. The molecule has 45 heavy (non-hydrogen) atoms. The number of nitrogens with one attached hydrogen (secondary N) is 5. The normalized spacial score (nSPS) is 12.8. The summed E-state index contributed by atoms with van der Waals surface area (Å²) in [7, 11) is 1.20. The number of aromatic nitrogens is 2. The van der Waals surface area contributed by atoms with E-state index in [0.29, 0.717) is 38.8 Å². The average molecular weight is 643 g/mol. The van der Waals surface area contributed by atoms with Crippen LogP contribution in [0.4, 0.5) is 46.8 Å². The van der Waals surface area contributed by atoms with Gasteiger partial charge in [-0.2, -0.15) is 18.2 Å². The monoisotopic (exact) mass is 642 g/mol. The van der Waals surface area contributed by atoms with Gasteiger partial charge in [0, 0.05) is 46.3 Å². The minimum Gasteiger partial charge on any atom is -0.394 e. The predicted molar refractivity (Wildman–Crippen MR) is 169 cm³/mol. The van der Waals surface area contributed by atoms with E-state index in [-0.39, 0.29) is 30.8 Å². The van der Waals surface area contributed by atoms with Crippen LogP contribution in [0.2, 0.25) is 0 Å². The number of nitrogens with zero attached hydrogens (tertiary/aromatic N) is 3. The molecule has 1 aromatic heterocycles. The standard InChI is InChI=1S/C30H33F3N8O3S/c1-18(17-42)36-27-26(15-35-28(40-27)37-23-5-4-6-25(14-23)45(34)44)20-7-9-22(10-8-20)38-29(43)39-24-12-19(16-41(2)3)11-21(13-24)30(31,32)33/h4-15,18,34,42,45H,16-17H2,1-3H3,(H2,38,39,43)(H2,35,36,37,40). The molecule has 11 nitrogen and oxygen atoms in total. The highest BCUT2D eigenvalue weighted by atomic mass is 32.2. The minimum absolute atomic E-state index is 0.00981. The summed E-state index contributed by atoms with van der Waals surface area (Å²) in [6.07, 6.45) is -2.99. The summed E-state index contributed by atoms with van der Waals surface area (Å²) in [4.78, 5) is 23.7. The SMILES string of the molecule is CC(CO)Nc1nc(Nc2cccc([SH](=N)=O)c2)ncc1-c1ccc(NC(=O)Nc2cc(CN(C)C)cc(C(F)(F)F)c2)cc1. The van der Waals surface area contributed by atoms with Gasteiger partial charge in [-0.25, -0.2) is 14.0 Å². The van der Waals surface area contributed by atoms with Crippen molar-refractivity contribution >= 4 is 45.5 Å². The van der Waals surface area contributed by atoms with E-state index in [0.717, 1.165) is 12.1 Å². The van der Waals surface area contributed by atoms with Gasteiger partial charge in [-0.1, -0.05) is 18.2 Å². The molecule has 0 bridgehead atoms. The number of alkyl halides is 3. The zero-order chi connectivity index (χ0) is 32.7. The van der Waals surface area contributed by atoms with Gasteiger partial charge >= 0.3 is 12.2 Å². The lowest BCUT2D eigenvalue weighted by Gasteiger charge is -2.17. The summed E-state index contributed by atoms with van der Waals surface area (Å²) >= 11 is 0. The van der Waals surface area contributed by atoms with Gasteiger partial charge in [0.05, 0.1) is 22.8 Å². The van der Waals surface area contributed by atoms with E-state index in [1.165, 1.54) is 6.07 Å². The maximum atomic E-state index is 13.4. The molecule has 0 fully saturated rings. The molecule has 2 unspecified atom stereocenters. The van der Waals surface area contributed by atoms with Crippen LogP contribution in [-0.2, 0) is 23.3 Å². The fourth-order valence-electron chi connectivity index (χ4n) is 4.29. The molecule has 2 amide bonds. The molecule has 0 spiro atoms. The van der Waals surface area contributed by atoms with Gasteiger partial charge in [-0.05, 0) is 80.7 Å². The Morgan fingerprint density at radius 2 is 1.73 bits per heavy atom. The van der Waals surface area contributed by atoms with Crippen LogP contribution in [0.25, 0.3) is 11.1 Å². The lowest BCUT2D eigenvalue weighted by molar-refractivity contribution is -0.137. The zero-order valence-corrected chi connectivity index (χ0v) is 25.5. The summed E-state index contributed by atoms with van der Waals surface area (Å²) in [5.74, 6) is 0.635. The number of urea groups is 1. The quantitative estimate of drug-likeness (QED) is 0.0982. The largest absolute Gasteiger partial charge is 0.416 e. The Bertz CT molecular complexity index is 1720. The molecular weight excluding hydrogens is 609 g/mol. The fraction of sp³-hybridized carbons (Fsp3) is 0.233. The van der Waals surface area contributed by atoms with Crippen molar-refractivity contribution in [2.75, 3.05) is 42.0 Å². The van der Waals surface area contributed by atoms with Gasteiger partial charge in [0.15, 0.2) is 0 Å². The number of hydrogen-bond acceptors (Lipinski definition) is 9. The molecule has 0 aliphatic carbocycles. The van der Waals surface area contributed by atoms with Gasteiger partial charge in [0.25, 0.3) is 0 Å². The second kappa shape index (κ2) is 14.4. The van der Waals surface area contributed by atoms with Crippen molar-refractivity contribution in [3.63, 3.8) is 0 Å². The third-order valence-electron chi connectivity index (χ3n) is 6.31. The molecule has 238 valence electrons. The fourth-order valence-corrected chi connectivity index (χ4v) is 4.77. The molecular formula is C30H33F3N8O3S. The molecule has 1 heterocycles. The van der Waals surface area contributed by atoms with Crippen molar-refractivity contribution in [2.24, 2.45) is 0 Å². The Balaban J connectivity index is 1.52. The number of aliphatic hydroxyl groups is 1. The van der Waals surface area contributed by atoms with Crippen molar-refractivity contribution in [3.05, 3.63) is 84.1 Å². The number of carbonyl (C=O) groups excluding carboxylic acids is 1. The maximum Gasteiger partial charge on any atom is 0.416 e. The second-order valence-corrected chi connectivity index (χ2v) is 11.6. The van der Waals surface area contributed by atoms with Gasteiger partial charge < -0.3 is 31.3 Å². The number of thiol groups is 1. The molecule has 4 rings (SSSR count). The second-order valence-electron chi connectivity index (χ2n) is 10.5. The van der Waals surface area contributed by atoms with Crippen LogP contribution in [-0.4, -0.2) is 57.0 Å². The highest BCUT2D eigenvalue weighted by Crippen LogP contribution is 2.33. The first-order chi connectivity index (χ1) is 21.3. The first-order valence-electron chi connectivity index (χ1n) is 13.6. The third-order valence-corrected chi connectivity index (χ3v) is 7.06. The molecule has 6 N–H and O–H groups in total. The Kier molecular flexibility index (Phi) is 10.6. The number of anilines is 5. The van der Waals surface area contributed by atoms with E-state index in [9.17, 15) is 27.3 Å². The maximum absolute atomic E-state index is 13.4. The Morgan fingerprint density at radius 1 is 1.02 bits per heavy atom. The van der Waals surface area contributed by atoms with Crippen molar-refractivity contribution < 1.29 is 27.3 Å². The lowest BCUT2D eigenvalue weighted by Crippen LogP contribution is -2.21. The summed E-state index contributed by atoms with van der Waals surface area (Å²) < 4.78 is 59.4. The van der Waals surface area contributed by atoms with Crippen LogP contribution in [0.3, 0.4) is 0 Å². The molecule has 15 heteroatoms. The summed E-state index contributed by atoms with van der Waals surface area (Å²) in [6.45, 7) is 1.87. The summed E-state index contributed by atoms with van der Waals surface area (Å²) in [6, 6.07) is 15.6. The molecule has 0 radical (unpaired) electrons.